The molecule has 8 nitrogen and oxygen atoms in total. The zero-order valence-corrected chi connectivity index (χ0v) is 12.1. The van der Waals surface area contributed by atoms with Gasteiger partial charge in [0, 0.05) is 26.2 Å². The molecule has 0 atom stereocenters. The summed E-state index contributed by atoms with van der Waals surface area (Å²) in [5, 5.41) is 5.10. The molecule has 110 valence electrons. The second kappa shape index (κ2) is 5.52. The van der Waals surface area contributed by atoms with Gasteiger partial charge in [0.1, 0.15) is 5.15 Å². The normalized spacial score (nSPS) is 17.2. The molecule has 0 aliphatic carbocycles. The zero-order valence-electron chi connectivity index (χ0n) is 10.5. The van der Waals surface area contributed by atoms with Crippen LogP contribution in [0.2, 0.25) is 5.15 Å². The zero-order chi connectivity index (χ0) is 14.9. The second-order valence-electron chi connectivity index (χ2n) is 4.34. The molecule has 1 amide bonds. The summed E-state index contributed by atoms with van der Waals surface area (Å²) in [5.74, 6) is -0.330. The number of hydrogen-bond donors (Lipinski definition) is 2. The largest absolute Gasteiger partial charge is 0.397 e. The third-order valence-electron chi connectivity index (χ3n) is 2.98. The van der Waals surface area contributed by atoms with Crippen molar-refractivity contribution in [2.24, 2.45) is 5.14 Å². The van der Waals surface area contributed by atoms with Crippen LogP contribution in [0.25, 0.3) is 0 Å². The summed E-state index contributed by atoms with van der Waals surface area (Å²) in [7, 11) is -3.72. The Morgan fingerprint density at radius 3 is 2.45 bits per heavy atom. The van der Waals surface area contributed by atoms with E-state index in [9.17, 15) is 13.2 Å². The maximum absolute atomic E-state index is 12.3. The predicted octanol–water partition coefficient (Wildman–Crippen LogP) is -0.721. The number of nitrogens with zero attached hydrogens (tertiary/aromatic N) is 3. The van der Waals surface area contributed by atoms with E-state index in [1.807, 2.05) is 0 Å². The summed E-state index contributed by atoms with van der Waals surface area (Å²) in [6, 6.07) is 1.45. The number of aromatic nitrogens is 1. The van der Waals surface area contributed by atoms with Crippen molar-refractivity contribution in [2.45, 2.75) is 0 Å². The number of nitrogens with two attached hydrogens (primary N) is 2. The monoisotopic (exact) mass is 319 g/mol. The lowest BCUT2D eigenvalue weighted by Gasteiger charge is -2.33. The maximum atomic E-state index is 12.3. The Kier molecular flexibility index (Phi) is 4.14. The van der Waals surface area contributed by atoms with Gasteiger partial charge < -0.3 is 10.6 Å². The summed E-state index contributed by atoms with van der Waals surface area (Å²) in [6.07, 6.45) is 1.36. The summed E-state index contributed by atoms with van der Waals surface area (Å²) in [4.78, 5) is 17.6. The number of anilines is 1. The number of rotatable bonds is 2. The van der Waals surface area contributed by atoms with Gasteiger partial charge in [-0.25, -0.2) is 10.1 Å². The number of piperazine rings is 1. The Hall–Kier alpha value is -1.42. The fourth-order valence-corrected chi connectivity index (χ4v) is 2.79. The lowest BCUT2D eigenvalue weighted by Crippen LogP contribution is -2.52. The molecule has 2 rings (SSSR count). The highest BCUT2D eigenvalue weighted by Gasteiger charge is 2.28. The molecular formula is C10H14ClN5O3S. The van der Waals surface area contributed by atoms with Crippen LogP contribution in [0.1, 0.15) is 10.4 Å². The molecule has 1 aliphatic heterocycles. The third-order valence-corrected chi connectivity index (χ3v) is 4.36. The van der Waals surface area contributed by atoms with Crippen molar-refractivity contribution in [3.05, 3.63) is 23.0 Å². The Morgan fingerprint density at radius 2 is 1.90 bits per heavy atom. The highest BCUT2D eigenvalue weighted by atomic mass is 35.5. The first kappa shape index (κ1) is 15.0. The Balaban J connectivity index is 2.11. The quantitative estimate of drug-likeness (QED) is 0.696. The molecule has 1 saturated heterocycles. The number of pyridine rings is 1. The van der Waals surface area contributed by atoms with Crippen LogP contribution in [-0.4, -0.2) is 54.7 Å². The standard InChI is InChI=1S/C10H14ClN5O3S/c11-9-8(5-7(12)6-14-9)10(17)15-1-3-16(4-2-15)20(13,18)19/h5-6H,1-4,12H2,(H2,13,18,19). The molecule has 4 N–H and O–H groups in total. The minimum absolute atomic E-state index is 0.0677. The van der Waals surface area contributed by atoms with E-state index in [-0.39, 0.29) is 42.8 Å². The minimum Gasteiger partial charge on any atom is -0.397 e. The molecule has 0 spiro atoms. The molecular weight excluding hydrogens is 306 g/mol. The topological polar surface area (TPSA) is 123 Å². The van der Waals surface area contributed by atoms with Crippen molar-refractivity contribution in [3.63, 3.8) is 0 Å². The van der Waals surface area contributed by atoms with E-state index in [2.05, 4.69) is 4.98 Å². The van der Waals surface area contributed by atoms with Crippen molar-refractivity contribution in [3.8, 4) is 0 Å². The van der Waals surface area contributed by atoms with Gasteiger partial charge in [-0.15, -0.1) is 0 Å². The maximum Gasteiger partial charge on any atom is 0.277 e. The van der Waals surface area contributed by atoms with Gasteiger partial charge in [0.05, 0.1) is 17.4 Å². The van der Waals surface area contributed by atoms with Gasteiger partial charge in [-0.3, -0.25) is 4.79 Å². The molecule has 10 heteroatoms. The molecule has 20 heavy (non-hydrogen) atoms. The number of halogens is 1. The van der Waals surface area contributed by atoms with Gasteiger partial charge >= 0.3 is 0 Å². The van der Waals surface area contributed by atoms with E-state index >= 15 is 0 Å². The molecule has 1 fully saturated rings. The van der Waals surface area contributed by atoms with E-state index in [1.165, 1.54) is 17.2 Å². The van der Waals surface area contributed by atoms with Gasteiger partial charge in [0.2, 0.25) is 0 Å². The average molecular weight is 320 g/mol. The SMILES string of the molecule is Nc1cnc(Cl)c(C(=O)N2CCN(S(N)(=O)=O)CC2)c1. The van der Waals surface area contributed by atoms with E-state index in [4.69, 9.17) is 22.5 Å². The Labute approximate surface area is 121 Å². The first-order chi connectivity index (χ1) is 9.29. The Morgan fingerprint density at radius 1 is 1.30 bits per heavy atom. The number of nitrogen functional groups attached to an aromatic ring is 1. The summed E-state index contributed by atoms with van der Waals surface area (Å²) in [5.41, 5.74) is 6.12. The predicted molar refractivity (Wildman–Crippen MR) is 74.2 cm³/mol. The fraction of sp³-hybridized carbons (Fsp3) is 0.400. The summed E-state index contributed by atoms with van der Waals surface area (Å²) in [6.45, 7) is 0.774. The Bertz CT molecular complexity index is 628. The summed E-state index contributed by atoms with van der Waals surface area (Å²) < 4.78 is 23.5. The number of amides is 1. The summed E-state index contributed by atoms with van der Waals surface area (Å²) >= 11 is 5.87. The van der Waals surface area contributed by atoms with Gasteiger partial charge in [-0.2, -0.15) is 12.7 Å². The van der Waals surface area contributed by atoms with Crippen LogP contribution in [0.4, 0.5) is 5.69 Å². The number of hydrogen-bond acceptors (Lipinski definition) is 5. The van der Waals surface area contributed by atoms with Crippen LogP contribution < -0.4 is 10.9 Å². The van der Waals surface area contributed by atoms with Crippen molar-refractivity contribution in [1.82, 2.24) is 14.2 Å². The van der Waals surface area contributed by atoms with E-state index in [0.717, 1.165) is 4.31 Å². The lowest BCUT2D eigenvalue weighted by molar-refractivity contribution is 0.0697. The number of carbonyl (C=O) groups excluding carboxylic acids is 1. The van der Waals surface area contributed by atoms with Gasteiger partial charge in [-0.1, -0.05) is 11.6 Å². The highest BCUT2D eigenvalue weighted by molar-refractivity contribution is 7.86. The van der Waals surface area contributed by atoms with Gasteiger partial charge in [0.25, 0.3) is 16.1 Å². The molecule has 1 aliphatic rings. The molecule has 0 aromatic carbocycles. The van der Waals surface area contributed by atoms with Crippen LogP contribution >= 0.6 is 11.6 Å². The van der Waals surface area contributed by atoms with Crippen molar-refractivity contribution < 1.29 is 13.2 Å². The van der Waals surface area contributed by atoms with Crippen LogP contribution in [0.5, 0.6) is 0 Å². The molecule has 1 aromatic rings. The number of carbonyl (C=O) groups is 1. The van der Waals surface area contributed by atoms with Crippen molar-refractivity contribution in [1.29, 1.82) is 0 Å². The minimum atomic E-state index is -3.72. The first-order valence-electron chi connectivity index (χ1n) is 5.77. The molecule has 1 aromatic heterocycles. The van der Waals surface area contributed by atoms with Crippen LogP contribution in [0, 0.1) is 0 Å². The molecule has 0 radical (unpaired) electrons. The molecule has 0 saturated carbocycles. The highest BCUT2D eigenvalue weighted by Crippen LogP contribution is 2.18. The van der Waals surface area contributed by atoms with Crippen molar-refractivity contribution >= 4 is 33.4 Å². The van der Waals surface area contributed by atoms with Crippen molar-refractivity contribution in [2.75, 3.05) is 31.9 Å². The molecule has 0 bridgehead atoms. The second-order valence-corrected chi connectivity index (χ2v) is 6.25. The fourth-order valence-electron chi connectivity index (χ4n) is 1.93. The van der Waals surface area contributed by atoms with Gasteiger partial charge in [-0.05, 0) is 6.07 Å². The van der Waals surface area contributed by atoms with Crippen LogP contribution in [0.15, 0.2) is 12.3 Å². The van der Waals surface area contributed by atoms with E-state index in [0.29, 0.717) is 5.69 Å². The molecule has 2 heterocycles. The van der Waals surface area contributed by atoms with Crippen LogP contribution in [0.3, 0.4) is 0 Å². The third kappa shape index (κ3) is 3.18. The average Bonchev–Trinajstić information content (AvgIpc) is 2.40. The first-order valence-corrected chi connectivity index (χ1v) is 7.65. The smallest absolute Gasteiger partial charge is 0.277 e. The lowest BCUT2D eigenvalue weighted by atomic mass is 10.2. The van der Waals surface area contributed by atoms with E-state index in [1.54, 1.807) is 0 Å². The van der Waals surface area contributed by atoms with Crippen LogP contribution in [-0.2, 0) is 10.2 Å². The molecule has 0 unspecified atom stereocenters. The van der Waals surface area contributed by atoms with Gasteiger partial charge in [0.15, 0.2) is 0 Å². The van der Waals surface area contributed by atoms with E-state index < -0.39 is 10.2 Å².